The summed E-state index contributed by atoms with van der Waals surface area (Å²) in [7, 11) is -4.67. The maximum Gasteiger partial charge on any atom is 0.293 e. The molecule has 1 spiro atoms. The van der Waals surface area contributed by atoms with Crippen molar-refractivity contribution in [2.24, 2.45) is 11.3 Å². The number of nitrogens with one attached hydrogen (secondary N) is 3. The molecule has 3 saturated heterocycles. The van der Waals surface area contributed by atoms with Crippen molar-refractivity contribution in [1.82, 2.24) is 24.5 Å². The molecule has 6 aliphatic rings. The molecule has 4 aliphatic heterocycles. The van der Waals surface area contributed by atoms with Crippen LogP contribution < -0.4 is 29.3 Å². The molecule has 6 aromatic rings. The molecule has 1 amide bonds. The van der Waals surface area contributed by atoms with Gasteiger partial charge in [0.25, 0.3) is 21.6 Å². The Morgan fingerprint density at radius 3 is 2.50 bits per heavy atom. The highest BCUT2D eigenvalue weighted by Crippen LogP contribution is 2.54. The third-order valence-corrected chi connectivity index (χ3v) is 19.4. The van der Waals surface area contributed by atoms with E-state index in [9.17, 15) is 37.2 Å². The standard InChI is InChI=1S/C61H71F2N9O9S/c1-38(2)80-55-7-5-4-6-45(55)54-36-68(35-40-8-12-47(62)48(63)28-40)25-26-70(54)43-32-61(33-43)20-23-69(24-21-61)42-9-11-46(51(30-42)71-50-17-27-79-37-56(50)81-59-53(71)29-41-16-22-64-57(41)66-59)58(73)67-82(77,78)44-10-13-49(52(31-44)72(75)76)65-34-39-14-18-60(3,74)19-15-39/h4-13,16,22,28-31,38-39,43,50,54,56,65,74H,14-15,17-21,23-27,32-37H2,1-3H3,(H,64,66)(H,67,73)/t39?,50-,54+,56-,60?/m0/s1. The van der Waals surface area contributed by atoms with Crippen molar-refractivity contribution < 1.29 is 46.2 Å². The van der Waals surface area contributed by atoms with Crippen LogP contribution in [-0.4, -0.2) is 126 Å². The van der Waals surface area contributed by atoms with Crippen LogP contribution in [0, 0.1) is 33.1 Å². The number of amides is 1. The zero-order chi connectivity index (χ0) is 57.1. The van der Waals surface area contributed by atoms with Gasteiger partial charge in [-0.25, -0.2) is 21.9 Å². The normalized spacial score (nSPS) is 24.1. The number of nitro groups is 1. The summed E-state index contributed by atoms with van der Waals surface area (Å²) >= 11 is 0. The Labute approximate surface area is 476 Å². The number of rotatable bonds is 15. The Balaban J connectivity index is 0.800. The Kier molecular flexibility index (Phi) is 15.2. The van der Waals surface area contributed by atoms with Crippen molar-refractivity contribution in [1.29, 1.82) is 0 Å². The number of piperidine rings is 1. The first kappa shape index (κ1) is 55.6. The third kappa shape index (κ3) is 11.3. The zero-order valence-corrected chi connectivity index (χ0v) is 47.3. The van der Waals surface area contributed by atoms with Gasteiger partial charge in [0.1, 0.15) is 28.9 Å². The summed E-state index contributed by atoms with van der Waals surface area (Å²) in [5.41, 5.74) is 3.58. The predicted octanol–water partition coefficient (Wildman–Crippen LogP) is 10.0. The number of piperazine rings is 1. The molecule has 12 rings (SSSR count). The number of nitrogens with zero attached hydrogens (tertiary/aromatic N) is 6. The second kappa shape index (κ2) is 22.3. The van der Waals surface area contributed by atoms with E-state index in [4.69, 9.17) is 19.2 Å². The zero-order valence-electron chi connectivity index (χ0n) is 46.5. The number of fused-ring (bicyclic) bond motifs is 3. The highest BCUT2D eigenvalue weighted by Gasteiger charge is 2.51. The average molecular weight is 1140 g/mol. The van der Waals surface area contributed by atoms with Crippen molar-refractivity contribution in [2.45, 2.75) is 126 Å². The number of nitro benzene ring substituents is 1. The van der Waals surface area contributed by atoms with Crippen LogP contribution >= 0.6 is 0 Å². The first-order valence-corrected chi connectivity index (χ1v) is 30.3. The molecule has 4 N–H and O–H groups in total. The number of hydrogen-bond acceptors (Lipinski definition) is 15. The van der Waals surface area contributed by atoms with Gasteiger partial charge in [0.05, 0.1) is 51.5 Å². The Bertz CT molecular complexity index is 3480. The van der Waals surface area contributed by atoms with Gasteiger partial charge in [0.15, 0.2) is 11.6 Å². The quantitative estimate of drug-likeness (QED) is 0.0557. The lowest BCUT2D eigenvalue weighted by Gasteiger charge is -2.58. The van der Waals surface area contributed by atoms with Gasteiger partial charge in [-0.3, -0.25) is 24.7 Å². The van der Waals surface area contributed by atoms with E-state index in [-0.39, 0.29) is 47.4 Å². The van der Waals surface area contributed by atoms with E-state index in [1.807, 2.05) is 57.2 Å². The molecule has 18 nitrogen and oxygen atoms in total. The second-order valence-corrected chi connectivity index (χ2v) is 25.8. The molecule has 4 aromatic carbocycles. The number of aromatic amines is 1. The SMILES string of the molecule is CC(C)Oc1ccccc1[C@H]1CN(Cc2ccc(F)c(F)c2)CCN1C1CC2(CCN(c3ccc(C(=O)NS(=O)(=O)c4ccc(NCC5CCC(C)(O)CC5)c([N+](=O)[O-])c4)c(N4c5cc6cc[nH]c6nc5O[C@H]5COCC[C@@H]54)c3)CC2)C1. The van der Waals surface area contributed by atoms with E-state index in [0.717, 1.165) is 98.7 Å². The van der Waals surface area contributed by atoms with Crippen LogP contribution in [0.1, 0.15) is 106 Å². The maximum atomic E-state index is 14.8. The molecule has 82 heavy (non-hydrogen) atoms. The second-order valence-electron chi connectivity index (χ2n) is 24.1. The molecule has 5 fully saturated rings. The fourth-order valence-electron chi connectivity index (χ4n) is 13.6. The number of carbonyl (C=O) groups is 1. The monoisotopic (exact) mass is 1140 g/mol. The van der Waals surface area contributed by atoms with E-state index in [1.54, 1.807) is 18.3 Å². The molecular formula is C61H71F2N9O9S. The first-order valence-electron chi connectivity index (χ1n) is 28.8. The molecule has 3 atom stereocenters. The van der Waals surface area contributed by atoms with Crippen LogP contribution in [0.2, 0.25) is 0 Å². The number of carbonyl (C=O) groups excluding carboxylic acids is 1. The van der Waals surface area contributed by atoms with E-state index >= 15 is 0 Å². The van der Waals surface area contributed by atoms with E-state index in [0.29, 0.717) is 74.4 Å². The molecule has 6 heterocycles. The van der Waals surface area contributed by atoms with Gasteiger partial charge in [0, 0.05) is 87.4 Å². The topological polar surface area (TPSA) is 208 Å². The summed E-state index contributed by atoms with van der Waals surface area (Å²) < 4.78 is 77.9. The number of aromatic nitrogens is 2. The van der Waals surface area contributed by atoms with E-state index < -0.39 is 54.8 Å². The molecular weight excluding hydrogens is 1070 g/mol. The van der Waals surface area contributed by atoms with Crippen LogP contribution in [-0.2, 0) is 21.3 Å². The van der Waals surface area contributed by atoms with Crippen molar-refractivity contribution in [2.75, 3.05) is 67.6 Å². The molecule has 0 radical (unpaired) electrons. The summed E-state index contributed by atoms with van der Waals surface area (Å²) in [4.78, 5) is 43.5. The summed E-state index contributed by atoms with van der Waals surface area (Å²) in [6, 6.07) is 25.4. The minimum absolute atomic E-state index is 0.0173. The largest absolute Gasteiger partial charge is 0.491 e. The first-order chi connectivity index (χ1) is 39.4. The fraction of sp³-hybridized carbons (Fsp3) is 0.475. The van der Waals surface area contributed by atoms with E-state index in [1.165, 1.54) is 24.3 Å². The van der Waals surface area contributed by atoms with E-state index in [2.05, 4.69) is 46.8 Å². The van der Waals surface area contributed by atoms with Gasteiger partial charge in [-0.2, -0.15) is 4.98 Å². The number of halogens is 2. The minimum atomic E-state index is -4.67. The highest BCUT2D eigenvalue weighted by molar-refractivity contribution is 7.90. The Morgan fingerprint density at radius 1 is 0.939 bits per heavy atom. The van der Waals surface area contributed by atoms with Gasteiger partial charge in [-0.1, -0.05) is 24.3 Å². The molecule has 2 saturated carbocycles. The summed E-state index contributed by atoms with van der Waals surface area (Å²) in [5, 5.41) is 26.8. The number of aliphatic hydroxyl groups is 1. The highest BCUT2D eigenvalue weighted by atomic mass is 32.2. The van der Waals surface area contributed by atoms with Gasteiger partial charge in [0.2, 0.25) is 5.88 Å². The van der Waals surface area contributed by atoms with Crippen LogP contribution in [0.15, 0.2) is 102 Å². The molecule has 434 valence electrons. The number of para-hydroxylation sites is 1. The minimum Gasteiger partial charge on any atom is -0.491 e. The summed E-state index contributed by atoms with van der Waals surface area (Å²) in [5.74, 6) is -1.24. The number of ether oxygens (including phenoxy) is 3. The van der Waals surface area contributed by atoms with Crippen LogP contribution in [0.25, 0.3) is 11.0 Å². The van der Waals surface area contributed by atoms with Crippen LogP contribution in [0.5, 0.6) is 11.6 Å². The average Bonchev–Trinajstić information content (AvgIpc) is 2.26. The van der Waals surface area contributed by atoms with Gasteiger partial charge >= 0.3 is 0 Å². The molecule has 2 aromatic heterocycles. The number of pyridine rings is 1. The third-order valence-electron chi connectivity index (χ3n) is 18.1. The summed E-state index contributed by atoms with van der Waals surface area (Å²) in [6.07, 6.45) is 8.50. The molecule has 0 bridgehead atoms. The van der Waals surface area contributed by atoms with Gasteiger partial charge in [-0.15, -0.1) is 0 Å². The predicted molar refractivity (Wildman–Crippen MR) is 307 cm³/mol. The van der Waals surface area contributed by atoms with Crippen molar-refractivity contribution in [3.05, 3.63) is 136 Å². The fourth-order valence-corrected chi connectivity index (χ4v) is 14.6. The smallest absolute Gasteiger partial charge is 0.293 e. The lowest BCUT2D eigenvalue weighted by atomic mass is 9.59. The van der Waals surface area contributed by atoms with Crippen molar-refractivity contribution in [3.8, 4) is 11.6 Å². The number of anilines is 4. The number of benzene rings is 4. The van der Waals surface area contributed by atoms with Gasteiger partial charge < -0.3 is 39.4 Å². The summed E-state index contributed by atoms with van der Waals surface area (Å²) in [6.45, 7) is 11.3. The molecule has 0 unspecified atom stereocenters. The van der Waals surface area contributed by atoms with Crippen molar-refractivity contribution in [3.63, 3.8) is 0 Å². The number of sulfonamides is 1. The van der Waals surface area contributed by atoms with Crippen LogP contribution in [0.3, 0.4) is 0 Å². The number of hydrogen-bond donors (Lipinski definition) is 4. The molecule has 2 aliphatic carbocycles. The lowest BCUT2D eigenvalue weighted by molar-refractivity contribution is -0.384. The lowest BCUT2D eigenvalue weighted by Crippen LogP contribution is -2.59. The maximum absolute atomic E-state index is 14.8. The van der Waals surface area contributed by atoms with Gasteiger partial charge in [-0.05, 0) is 156 Å². The Hall–Kier alpha value is -6.91. The van der Waals surface area contributed by atoms with Crippen LogP contribution in [0.4, 0.5) is 37.2 Å². The number of H-pyrrole nitrogens is 1. The Morgan fingerprint density at radius 2 is 1.73 bits per heavy atom. The van der Waals surface area contributed by atoms with Crippen molar-refractivity contribution >= 4 is 55.4 Å². The molecule has 21 heteroatoms.